The van der Waals surface area contributed by atoms with E-state index in [0.29, 0.717) is 24.2 Å². The molecule has 1 N–H and O–H groups in total. The van der Waals surface area contributed by atoms with Gasteiger partial charge < -0.3 is 10.2 Å². The fourth-order valence-electron chi connectivity index (χ4n) is 4.65. The zero-order chi connectivity index (χ0) is 23.7. The van der Waals surface area contributed by atoms with Gasteiger partial charge in [-0.1, -0.05) is 42.0 Å². The predicted molar refractivity (Wildman–Crippen MR) is 137 cm³/mol. The summed E-state index contributed by atoms with van der Waals surface area (Å²) in [5, 5.41) is 7.74. The first-order chi connectivity index (χ1) is 16.5. The Kier molecular flexibility index (Phi) is 6.16. The summed E-state index contributed by atoms with van der Waals surface area (Å²) in [4.78, 5) is 32.8. The van der Waals surface area contributed by atoms with Crippen LogP contribution in [0.2, 0.25) is 0 Å². The fraction of sp³-hybridized carbons (Fsp3) is 0.250. The minimum atomic E-state index is -0.0377. The molecule has 34 heavy (non-hydrogen) atoms. The van der Waals surface area contributed by atoms with Crippen LogP contribution < -0.4 is 5.32 Å². The lowest BCUT2D eigenvalue weighted by Gasteiger charge is -2.32. The lowest BCUT2D eigenvalue weighted by Crippen LogP contribution is -2.46. The van der Waals surface area contributed by atoms with E-state index >= 15 is 0 Å². The number of amides is 2. The molecule has 0 radical (unpaired) electrons. The van der Waals surface area contributed by atoms with Gasteiger partial charge in [-0.3, -0.25) is 9.59 Å². The van der Waals surface area contributed by atoms with E-state index in [2.05, 4.69) is 37.4 Å². The van der Waals surface area contributed by atoms with E-state index < -0.39 is 0 Å². The molecular weight excluding hydrogens is 442 g/mol. The average Bonchev–Trinajstić information content (AvgIpc) is 3.39. The topological polar surface area (TPSA) is 62.3 Å². The van der Waals surface area contributed by atoms with Crippen LogP contribution in [0, 0.1) is 13.8 Å². The van der Waals surface area contributed by atoms with Crippen molar-refractivity contribution in [3.8, 4) is 11.3 Å². The summed E-state index contributed by atoms with van der Waals surface area (Å²) in [5.74, 6) is -0.0171. The van der Waals surface area contributed by atoms with Crippen molar-refractivity contribution in [1.29, 1.82) is 0 Å². The number of piperidine rings is 1. The molecule has 0 spiro atoms. The summed E-state index contributed by atoms with van der Waals surface area (Å²) in [6.45, 7) is 5.38. The lowest BCUT2D eigenvalue weighted by atomic mass is 9.98. The minimum Gasteiger partial charge on any atom is -0.349 e. The third-order valence-electron chi connectivity index (χ3n) is 6.51. The second-order valence-corrected chi connectivity index (χ2v) is 9.72. The Labute approximate surface area is 203 Å². The number of hydrogen-bond acceptors (Lipinski definition) is 4. The Morgan fingerprint density at radius 2 is 1.82 bits per heavy atom. The summed E-state index contributed by atoms with van der Waals surface area (Å²) in [7, 11) is 0. The first-order valence-corrected chi connectivity index (χ1v) is 12.5. The van der Waals surface area contributed by atoms with Gasteiger partial charge in [-0.25, -0.2) is 4.98 Å². The van der Waals surface area contributed by atoms with Crippen molar-refractivity contribution in [3.63, 3.8) is 0 Å². The number of nitrogens with zero attached hydrogens (tertiary/aromatic N) is 2. The van der Waals surface area contributed by atoms with Crippen LogP contribution in [-0.4, -0.2) is 40.8 Å². The molecule has 5 nitrogen and oxygen atoms in total. The van der Waals surface area contributed by atoms with Crippen molar-refractivity contribution in [1.82, 2.24) is 15.2 Å². The van der Waals surface area contributed by atoms with E-state index in [4.69, 9.17) is 4.98 Å². The number of aryl methyl sites for hydroxylation is 2. The molecule has 2 amide bonds. The zero-order valence-electron chi connectivity index (χ0n) is 19.4. The minimum absolute atomic E-state index is 0.0206. The number of pyridine rings is 1. The summed E-state index contributed by atoms with van der Waals surface area (Å²) < 4.78 is 0. The third-order valence-corrected chi connectivity index (χ3v) is 7.19. The van der Waals surface area contributed by atoms with Crippen molar-refractivity contribution in [2.75, 3.05) is 13.1 Å². The van der Waals surface area contributed by atoms with Crippen LogP contribution in [0.3, 0.4) is 0 Å². The Bertz CT molecular complexity index is 1360. The van der Waals surface area contributed by atoms with Crippen molar-refractivity contribution in [2.45, 2.75) is 32.7 Å². The summed E-state index contributed by atoms with van der Waals surface area (Å²) in [6, 6.07) is 18.0. The van der Waals surface area contributed by atoms with E-state index in [1.165, 1.54) is 16.9 Å². The first kappa shape index (κ1) is 22.3. The number of fused-ring (bicyclic) bond motifs is 1. The van der Waals surface area contributed by atoms with Crippen molar-refractivity contribution in [3.05, 3.63) is 87.6 Å². The maximum Gasteiger partial charge on any atom is 0.254 e. The molecule has 1 fully saturated rings. The number of thiophene rings is 1. The third kappa shape index (κ3) is 4.46. The normalized spacial score (nSPS) is 14.4. The van der Waals surface area contributed by atoms with Gasteiger partial charge in [0.05, 0.1) is 16.8 Å². The van der Waals surface area contributed by atoms with Gasteiger partial charge in [-0.15, -0.1) is 0 Å². The summed E-state index contributed by atoms with van der Waals surface area (Å²) in [6.07, 6.45) is 1.49. The second kappa shape index (κ2) is 9.39. The SMILES string of the molecule is Cc1ccc(-c2cc(C(=O)N3CCC(NC(=O)c4ccsc4)CC3)c3ccccc3n2)c(C)c1. The molecule has 172 valence electrons. The van der Waals surface area contributed by atoms with E-state index in [9.17, 15) is 9.59 Å². The molecule has 1 aliphatic rings. The molecular formula is C28H27N3O2S. The highest BCUT2D eigenvalue weighted by molar-refractivity contribution is 7.08. The number of hydrogen-bond donors (Lipinski definition) is 1. The van der Waals surface area contributed by atoms with Gasteiger partial charge in [-0.2, -0.15) is 11.3 Å². The van der Waals surface area contributed by atoms with Crippen molar-refractivity contribution >= 4 is 34.1 Å². The molecule has 2 aromatic carbocycles. The van der Waals surface area contributed by atoms with Gasteiger partial charge in [0.1, 0.15) is 0 Å². The molecule has 0 atom stereocenters. The molecule has 0 aliphatic carbocycles. The molecule has 5 rings (SSSR count). The van der Waals surface area contributed by atoms with Gasteiger partial charge >= 0.3 is 0 Å². The van der Waals surface area contributed by atoms with Crippen LogP contribution in [-0.2, 0) is 0 Å². The van der Waals surface area contributed by atoms with Gasteiger partial charge in [-0.05, 0) is 55.8 Å². The number of benzene rings is 2. The molecule has 2 aromatic heterocycles. The van der Waals surface area contributed by atoms with Crippen LogP contribution in [0.15, 0.2) is 65.4 Å². The van der Waals surface area contributed by atoms with Crippen LogP contribution in [0.25, 0.3) is 22.2 Å². The predicted octanol–water partition coefficient (Wildman–Crippen LogP) is 5.61. The molecule has 4 aromatic rings. The second-order valence-electron chi connectivity index (χ2n) is 8.94. The molecule has 0 bridgehead atoms. The highest BCUT2D eigenvalue weighted by Gasteiger charge is 2.26. The van der Waals surface area contributed by atoms with Gasteiger partial charge in [0, 0.05) is 41.0 Å². The quantitative estimate of drug-likeness (QED) is 0.422. The molecule has 6 heteroatoms. The van der Waals surface area contributed by atoms with Crippen molar-refractivity contribution in [2.24, 2.45) is 0 Å². The van der Waals surface area contributed by atoms with Crippen LogP contribution in [0.5, 0.6) is 0 Å². The molecule has 0 unspecified atom stereocenters. The number of carbonyl (C=O) groups excluding carboxylic acids is 2. The smallest absolute Gasteiger partial charge is 0.254 e. The Hall–Kier alpha value is -3.51. The summed E-state index contributed by atoms with van der Waals surface area (Å²) >= 11 is 1.51. The molecule has 0 saturated carbocycles. The molecule has 1 aliphatic heterocycles. The first-order valence-electron chi connectivity index (χ1n) is 11.6. The van der Waals surface area contributed by atoms with E-state index in [1.807, 2.05) is 52.1 Å². The van der Waals surface area contributed by atoms with E-state index in [-0.39, 0.29) is 17.9 Å². The maximum atomic E-state index is 13.7. The molecule has 1 saturated heterocycles. The maximum absolute atomic E-state index is 13.7. The number of rotatable bonds is 4. The average molecular weight is 470 g/mol. The Morgan fingerprint density at radius 1 is 1.03 bits per heavy atom. The fourth-order valence-corrected chi connectivity index (χ4v) is 5.29. The monoisotopic (exact) mass is 469 g/mol. The Morgan fingerprint density at radius 3 is 2.56 bits per heavy atom. The largest absolute Gasteiger partial charge is 0.349 e. The standard InChI is InChI=1S/C28H27N3O2S/c1-18-7-8-22(19(2)15-18)26-16-24(23-5-3-4-6-25(23)30-26)28(33)31-12-9-21(10-13-31)29-27(32)20-11-14-34-17-20/h3-8,11,14-17,21H,9-10,12-13H2,1-2H3,(H,29,32). The highest BCUT2D eigenvalue weighted by Crippen LogP contribution is 2.29. The lowest BCUT2D eigenvalue weighted by molar-refractivity contribution is 0.0700. The Balaban J connectivity index is 1.38. The number of carbonyl (C=O) groups is 2. The van der Waals surface area contributed by atoms with E-state index in [1.54, 1.807) is 0 Å². The number of nitrogens with one attached hydrogen (secondary N) is 1. The van der Waals surface area contributed by atoms with Crippen LogP contribution in [0.4, 0.5) is 0 Å². The molecule has 3 heterocycles. The van der Waals surface area contributed by atoms with Gasteiger partial charge in [0.25, 0.3) is 11.8 Å². The number of aromatic nitrogens is 1. The zero-order valence-corrected chi connectivity index (χ0v) is 20.2. The van der Waals surface area contributed by atoms with Gasteiger partial charge in [0.15, 0.2) is 0 Å². The summed E-state index contributed by atoms with van der Waals surface area (Å²) in [5.41, 5.74) is 6.40. The van der Waals surface area contributed by atoms with Crippen molar-refractivity contribution < 1.29 is 9.59 Å². The number of likely N-dealkylation sites (tertiary alicyclic amines) is 1. The number of para-hydroxylation sites is 1. The van der Waals surface area contributed by atoms with Crippen LogP contribution >= 0.6 is 11.3 Å². The van der Waals surface area contributed by atoms with Gasteiger partial charge in [0.2, 0.25) is 0 Å². The van der Waals surface area contributed by atoms with E-state index in [0.717, 1.165) is 40.6 Å². The van der Waals surface area contributed by atoms with Crippen LogP contribution in [0.1, 0.15) is 44.7 Å². The highest BCUT2D eigenvalue weighted by atomic mass is 32.1.